The Morgan fingerprint density at radius 3 is 2.05 bits per heavy atom. The van der Waals surface area contributed by atoms with Gasteiger partial charge in [0.05, 0.1) is 17.1 Å². The number of aromatic hydroxyl groups is 1. The molecule has 0 amide bonds. The summed E-state index contributed by atoms with van der Waals surface area (Å²) in [5, 5.41) is 33.6. The number of nitrogens with zero attached hydrogens (tertiary/aromatic N) is 4. The molecule has 6 aromatic carbocycles. The van der Waals surface area contributed by atoms with E-state index in [1.165, 1.54) is 6.07 Å². The van der Waals surface area contributed by atoms with Gasteiger partial charge in [-0.15, -0.1) is 5.11 Å². The lowest BCUT2D eigenvalue weighted by Gasteiger charge is -2.09. The van der Waals surface area contributed by atoms with Gasteiger partial charge in [-0.1, -0.05) is 36.4 Å². The molecule has 0 heterocycles. The number of benzene rings is 6. The summed E-state index contributed by atoms with van der Waals surface area (Å²) in [5.74, 6) is 0.0364. The molecule has 5 N–H and O–H groups in total. The smallest absolute Gasteiger partial charge is 0.295 e. The standard InChI is InChI=1S/C33H26N6O4S/c34-24-8-4-21(5-9-24)20-35-27-15-16-29-23(18-27)7-17-31(33(29)40)39-37-26-13-11-25(12-14-26)36-38-28-10-6-22-2-1-3-32(30(22)19-28)44(41,42)43/h1-19,35,40H,20,34H2,(H,41,42,43). The highest BCUT2D eigenvalue weighted by atomic mass is 32.2. The molecule has 0 aliphatic rings. The van der Waals surface area contributed by atoms with Crippen molar-refractivity contribution in [2.75, 3.05) is 11.1 Å². The van der Waals surface area contributed by atoms with Crippen LogP contribution in [-0.4, -0.2) is 18.1 Å². The van der Waals surface area contributed by atoms with Crippen LogP contribution in [0.5, 0.6) is 5.75 Å². The minimum Gasteiger partial charge on any atom is -0.505 e. The number of nitrogen functional groups attached to an aromatic ring is 1. The average molecular weight is 603 g/mol. The van der Waals surface area contributed by atoms with Gasteiger partial charge in [0.25, 0.3) is 10.1 Å². The zero-order valence-electron chi connectivity index (χ0n) is 23.2. The first kappa shape index (κ1) is 28.5. The van der Waals surface area contributed by atoms with E-state index in [-0.39, 0.29) is 10.6 Å². The first-order valence-corrected chi connectivity index (χ1v) is 14.9. The Morgan fingerprint density at radius 1 is 0.659 bits per heavy atom. The molecule has 0 unspecified atom stereocenters. The molecule has 0 aliphatic heterocycles. The molecule has 0 fully saturated rings. The number of anilines is 2. The summed E-state index contributed by atoms with van der Waals surface area (Å²) in [6.45, 7) is 0.644. The number of fused-ring (bicyclic) bond motifs is 2. The molecule has 6 aromatic rings. The summed E-state index contributed by atoms with van der Waals surface area (Å²) >= 11 is 0. The molecule has 0 bridgehead atoms. The van der Waals surface area contributed by atoms with Crippen molar-refractivity contribution >= 4 is 65.8 Å². The normalized spacial score (nSPS) is 12.0. The van der Waals surface area contributed by atoms with E-state index in [0.29, 0.717) is 45.5 Å². The molecule has 0 spiro atoms. The quantitative estimate of drug-likeness (QED) is 0.0772. The summed E-state index contributed by atoms with van der Waals surface area (Å²) in [4.78, 5) is -0.189. The van der Waals surface area contributed by atoms with Crippen molar-refractivity contribution < 1.29 is 18.1 Å². The minimum absolute atomic E-state index is 0.0364. The van der Waals surface area contributed by atoms with Gasteiger partial charge in [0, 0.05) is 28.7 Å². The van der Waals surface area contributed by atoms with E-state index < -0.39 is 10.1 Å². The zero-order valence-corrected chi connectivity index (χ0v) is 24.0. The lowest BCUT2D eigenvalue weighted by molar-refractivity contribution is 0.482. The number of nitrogens with two attached hydrogens (primary N) is 1. The number of phenolic OH excluding ortho intramolecular Hbond substituents is 1. The second-order valence-electron chi connectivity index (χ2n) is 10.0. The van der Waals surface area contributed by atoms with Gasteiger partial charge < -0.3 is 16.2 Å². The van der Waals surface area contributed by atoms with E-state index in [9.17, 15) is 18.1 Å². The highest BCUT2D eigenvalue weighted by Crippen LogP contribution is 2.37. The van der Waals surface area contributed by atoms with Gasteiger partial charge in [-0.2, -0.15) is 23.8 Å². The highest BCUT2D eigenvalue weighted by molar-refractivity contribution is 7.86. The fraction of sp³-hybridized carbons (Fsp3) is 0.0303. The first-order valence-electron chi connectivity index (χ1n) is 13.5. The fourth-order valence-corrected chi connectivity index (χ4v) is 5.37. The van der Waals surface area contributed by atoms with Crippen molar-refractivity contribution in [3.05, 3.63) is 121 Å². The summed E-state index contributed by atoms with van der Waals surface area (Å²) < 4.78 is 33.0. The van der Waals surface area contributed by atoms with Gasteiger partial charge in [-0.05, 0) is 95.2 Å². The second kappa shape index (κ2) is 11.9. The largest absolute Gasteiger partial charge is 0.505 e. The number of phenols is 1. The van der Waals surface area contributed by atoms with Gasteiger partial charge in [0.15, 0.2) is 5.75 Å². The molecule has 44 heavy (non-hydrogen) atoms. The van der Waals surface area contributed by atoms with Gasteiger partial charge in [0.2, 0.25) is 0 Å². The van der Waals surface area contributed by atoms with Crippen LogP contribution in [0.15, 0.2) is 141 Å². The van der Waals surface area contributed by atoms with Crippen LogP contribution in [0, 0.1) is 0 Å². The van der Waals surface area contributed by atoms with E-state index in [1.54, 1.807) is 60.7 Å². The molecule has 0 aromatic heterocycles. The van der Waals surface area contributed by atoms with Crippen LogP contribution in [0.25, 0.3) is 21.5 Å². The number of hydrogen-bond donors (Lipinski definition) is 4. The molecule has 0 radical (unpaired) electrons. The molecular weight excluding hydrogens is 576 g/mol. The molecule has 0 atom stereocenters. The first-order chi connectivity index (χ1) is 21.2. The van der Waals surface area contributed by atoms with Crippen molar-refractivity contribution in [2.24, 2.45) is 20.5 Å². The molecule has 11 heteroatoms. The molecule has 10 nitrogen and oxygen atoms in total. The molecule has 218 valence electrons. The number of azo groups is 2. The summed E-state index contributed by atoms with van der Waals surface area (Å²) in [7, 11) is -4.38. The monoisotopic (exact) mass is 602 g/mol. The fourth-order valence-electron chi connectivity index (χ4n) is 4.66. The molecular formula is C33H26N6O4S. The van der Waals surface area contributed by atoms with Crippen LogP contribution in [0.2, 0.25) is 0 Å². The van der Waals surface area contributed by atoms with Gasteiger partial charge in [0.1, 0.15) is 10.6 Å². The SMILES string of the molecule is Nc1ccc(CNc2ccc3c(O)c(N=Nc4ccc(N=Nc5ccc6cccc(S(=O)(=O)O)c6c5)cc4)ccc3c2)cc1. The van der Waals surface area contributed by atoms with Crippen molar-refractivity contribution in [1.82, 2.24) is 0 Å². The van der Waals surface area contributed by atoms with E-state index >= 15 is 0 Å². The Kier molecular flexibility index (Phi) is 7.71. The second-order valence-corrected chi connectivity index (χ2v) is 11.4. The third kappa shape index (κ3) is 6.38. The van der Waals surface area contributed by atoms with Gasteiger partial charge >= 0.3 is 0 Å². The maximum atomic E-state index is 11.7. The van der Waals surface area contributed by atoms with Gasteiger partial charge in [-0.25, -0.2) is 0 Å². The Labute approximate surface area is 253 Å². The van der Waals surface area contributed by atoms with E-state index in [2.05, 4.69) is 25.8 Å². The van der Waals surface area contributed by atoms with Crippen LogP contribution < -0.4 is 11.1 Å². The van der Waals surface area contributed by atoms with E-state index in [4.69, 9.17) is 5.73 Å². The van der Waals surface area contributed by atoms with Crippen LogP contribution in [0.1, 0.15) is 5.56 Å². The van der Waals surface area contributed by atoms with Crippen molar-refractivity contribution in [2.45, 2.75) is 11.4 Å². The summed E-state index contributed by atoms with van der Waals surface area (Å²) in [5.41, 5.74) is 10.4. The number of rotatable bonds is 8. The maximum Gasteiger partial charge on any atom is 0.295 e. The predicted molar refractivity (Wildman–Crippen MR) is 172 cm³/mol. The zero-order chi connectivity index (χ0) is 30.7. The Bertz CT molecular complexity index is 2160. The average Bonchev–Trinajstić information content (AvgIpc) is 3.03. The van der Waals surface area contributed by atoms with E-state index in [0.717, 1.165) is 22.3 Å². The molecule has 0 saturated carbocycles. The van der Waals surface area contributed by atoms with Crippen LogP contribution in [0.4, 0.5) is 34.1 Å². The third-order valence-corrected chi connectivity index (χ3v) is 7.87. The van der Waals surface area contributed by atoms with Crippen LogP contribution in [0.3, 0.4) is 0 Å². The van der Waals surface area contributed by atoms with Crippen molar-refractivity contribution in [3.8, 4) is 5.75 Å². The Morgan fingerprint density at radius 2 is 1.32 bits per heavy atom. The topological polar surface area (TPSA) is 162 Å². The summed E-state index contributed by atoms with van der Waals surface area (Å²) in [6, 6.07) is 33.4. The highest BCUT2D eigenvalue weighted by Gasteiger charge is 2.14. The molecule has 6 rings (SSSR count). The lowest BCUT2D eigenvalue weighted by Crippen LogP contribution is -1.99. The van der Waals surface area contributed by atoms with Crippen LogP contribution in [-0.2, 0) is 16.7 Å². The summed E-state index contributed by atoms with van der Waals surface area (Å²) in [6.07, 6.45) is 0. The molecule has 0 aliphatic carbocycles. The number of nitrogens with one attached hydrogen (secondary N) is 1. The minimum atomic E-state index is -4.38. The Balaban J connectivity index is 1.14. The number of hydrogen-bond acceptors (Lipinski definition) is 9. The maximum absolute atomic E-state index is 11.7. The Hall–Kier alpha value is -5.65. The van der Waals surface area contributed by atoms with Crippen LogP contribution >= 0.6 is 0 Å². The van der Waals surface area contributed by atoms with Crippen molar-refractivity contribution in [3.63, 3.8) is 0 Å². The predicted octanol–water partition coefficient (Wildman–Crippen LogP) is 8.97. The third-order valence-electron chi connectivity index (χ3n) is 6.95. The van der Waals surface area contributed by atoms with Crippen molar-refractivity contribution in [1.29, 1.82) is 0 Å². The van der Waals surface area contributed by atoms with E-state index in [1.807, 2.05) is 48.5 Å². The lowest BCUT2D eigenvalue weighted by atomic mass is 10.1. The molecule has 0 saturated heterocycles. The van der Waals surface area contributed by atoms with Gasteiger partial charge in [-0.3, -0.25) is 4.55 Å².